The predicted molar refractivity (Wildman–Crippen MR) is 71.3 cm³/mol. The van der Waals surface area contributed by atoms with Crippen LogP contribution in [0.5, 0.6) is 0 Å². The standard InChI is InChI=1S/C12H19ClN4/c1-8-3-5-9(6-4-8)17(2)11-10(13)7-15-12(14)16-11/h7-9H,3-6H2,1-2H3,(H2,14,15,16). The first-order valence-corrected chi connectivity index (χ1v) is 6.46. The topological polar surface area (TPSA) is 55.0 Å². The van der Waals surface area contributed by atoms with Gasteiger partial charge in [0.1, 0.15) is 5.02 Å². The second-order valence-corrected chi connectivity index (χ2v) is 5.33. The van der Waals surface area contributed by atoms with Gasteiger partial charge in [-0.15, -0.1) is 0 Å². The van der Waals surface area contributed by atoms with Gasteiger partial charge in [-0.05, 0) is 31.6 Å². The van der Waals surface area contributed by atoms with E-state index in [0.717, 1.165) is 11.7 Å². The fourth-order valence-corrected chi connectivity index (χ4v) is 2.65. The Kier molecular flexibility index (Phi) is 3.72. The predicted octanol–water partition coefficient (Wildman–Crippen LogP) is 2.73. The summed E-state index contributed by atoms with van der Waals surface area (Å²) in [6.07, 6.45) is 6.50. The van der Waals surface area contributed by atoms with Crippen molar-refractivity contribution in [1.82, 2.24) is 9.97 Å². The second kappa shape index (κ2) is 5.08. The van der Waals surface area contributed by atoms with E-state index in [0.29, 0.717) is 11.1 Å². The minimum Gasteiger partial charge on any atom is -0.368 e. The third-order valence-corrected chi connectivity index (χ3v) is 3.88. The van der Waals surface area contributed by atoms with Crippen molar-refractivity contribution in [3.05, 3.63) is 11.2 Å². The van der Waals surface area contributed by atoms with E-state index >= 15 is 0 Å². The molecule has 1 heterocycles. The summed E-state index contributed by atoms with van der Waals surface area (Å²) in [5.74, 6) is 1.87. The van der Waals surface area contributed by atoms with Crippen LogP contribution in [0.4, 0.5) is 11.8 Å². The van der Waals surface area contributed by atoms with Gasteiger partial charge in [0, 0.05) is 13.1 Å². The Morgan fingerprint density at radius 1 is 1.35 bits per heavy atom. The molecule has 0 aromatic carbocycles. The highest BCUT2D eigenvalue weighted by Gasteiger charge is 2.24. The van der Waals surface area contributed by atoms with Crippen molar-refractivity contribution in [3.8, 4) is 0 Å². The average Bonchev–Trinajstić information content (AvgIpc) is 2.32. The van der Waals surface area contributed by atoms with E-state index < -0.39 is 0 Å². The zero-order valence-corrected chi connectivity index (χ0v) is 11.1. The molecular formula is C12H19ClN4. The number of nitrogens with two attached hydrogens (primary N) is 1. The molecule has 0 unspecified atom stereocenters. The molecule has 1 aromatic heterocycles. The Hall–Kier alpha value is -1.03. The van der Waals surface area contributed by atoms with Crippen molar-refractivity contribution in [2.45, 2.75) is 38.6 Å². The van der Waals surface area contributed by atoms with Crippen molar-refractivity contribution in [1.29, 1.82) is 0 Å². The van der Waals surface area contributed by atoms with Gasteiger partial charge < -0.3 is 10.6 Å². The number of anilines is 2. The van der Waals surface area contributed by atoms with Crippen molar-refractivity contribution in [3.63, 3.8) is 0 Å². The summed E-state index contributed by atoms with van der Waals surface area (Å²) in [7, 11) is 2.04. The molecule has 0 bridgehead atoms. The summed E-state index contributed by atoms with van der Waals surface area (Å²) in [6.45, 7) is 2.31. The first kappa shape index (κ1) is 12.4. The smallest absolute Gasteiger partial charge is 0.222 e. The number of rotatable bonds is 2. The van der Waals surface area contributed by atoms with E-state index in [1.54, 1.807) is 6.20 Å². The minimum absolute atomic E-state index is 0.278. The van der Waals surface area contributed by atoms with E-state index in [2.05, 4.69) is 21.8 Å². The number of halogens is 1. The molecule has 1 aliphatic rings. The normalized spacial score (nSPS) is 24.6. The monoisotopic (exact) mass is 254 g/mol. The molecule has 5 heteroatoms. The third-order valence-electron chi connectivity index (χ3n) is 3.61. The SMILES string of the molecule is CC1CCC(N(C)c2nc(N)ncc2Cl)CC1. The lowest BCUT2D eigenvalue weighted by Gasteiger charge is -2.34. The summed E-state index contributed by atoms with van der Waals surface area (Å²) < 4.78 is 0. The molecule has 0 radical (unpaired) electrons. The van der Waals surface area contributed by atoms with E-state index in [1.807, 2.05) is 7.05 Å². The lowest BCUT2D eigenvalue weighted by Crippen LogP contribution is -2.35. The number of nitrogens with zero attached hydrogens (tertiary/aromatic N) is 3. The number of hydrogen-bond donors (Lipinski definition) is 1. The quantitative estimate of drug-likeness (QED) is 0.882. The summed E-state index contributed by atoms with van der Waals surface area (Å²) >= 11 is 6.12. The Morgan fingerprint density at radius 3 is 2.65 bits per heavy atom. The van der Waals surface area contributed by atoms with Gasteiger partial charge in [0.25, 0.3) is 0 Å². The molecule has 2 rings (SSSR count). The molecule has 1 fully saturated rings. The highest BCUT2D eigenvalue weighted by atomic mass is 35.5. The average molecular weight is 255 g/mol. The van der Waals surface area contributed by atoms with Crippen LogP contribution in [0.2, 0.25) is 5.02 Å². The summed E-state index contributed by atoms with van der Waals surface area (Å²) in [5, 5.41) is 0.570. The first-order chi connectivity index (χ1) is 8.08. The number of nitrogen functional groups attached to an aromatic ring is 1. The fourth-order valence-electron chi connectivity index (χ4n) is 2.42. The van der Waals surface area contributed by atoms with Crippen LogP contribution in [0.25, 0.3) is 0 Å². The van der Waals surface area contributed by atoms with Gasteiger partial charge in [-0.3, -0.25) is 0 Å². The van der Waals surface area contributed by atoms with E-state index in [4.69, 9.17) is 17.3 Å². The first-order valence-electron chi connectivity index (χ1n) is 6.08. The van der Waals surface area contributed by atoms with Crippen LogP contribution < -0.4 is 10.6 Å². The van der Waals surface area contributed by atoms with Crippen molar-refractivity contribution < 1.29 is 0 Å². The summed E-state index contributed by atoms with van der Waals surface area (Å²) in [5.41, 5.74) is 5.61. The van der Waals surface area contributed by atoms with Gasteiger partial charge >= 0.3 is 0 Å². The Balaban J connectivity index is 2.13. The van der Waals surface area contributed by atoms with Gasteiger partial charge in [0.05, 0.1) is 6.20 Å². The molecule has 94 valence electrons. The molecule has 1 aromatic rings. The lowest BCUT2D eigenvalue weighted by atomic mass is 9.87. The lowest BCUT2D eigenvalue weighted by molar-refractivity contribution is 0.340. The number of aromatic nitrogens is 2. The van der Waals surface area contributed by atoms with Gasteiger partial charge in [-0.1, -0.05) is 18.5 Å². The molecule has 0 aliphatic heterocycles. The Morgan fingerprint density at radius 2 is 2.00 bits per heavy atom. The van der Waals surface area contributed by atoms with Crippen molar-refractivity contribution in [2.24, 2.45) is 5.92 Å². The highest BCUT2D eigenvalue weighted by Crippen LogP contribution is 2.31. The van der Waals surface area contributed by atoms with Crippen LogP contribution in [-0.4, -0.2) is 23.1 Å². The van der Waals surface area contributed by atoms with E-state index in [-0.39, 0.29) is 5.95 Å². The van der Waals surface area contributed by atoms with Crippen LogP contribution in [0, 0.1) is 5.92 Å². The largest absolute Gasteiger partial charge is 0.368 e. The van der Waals surface area contributed by atoms with Crippen LogP contribution >= 0.6 is 11.6 Å². The van der Waals surface area contributed by atoms with E-state index in [1.165, 1.54) is 25.7 Å². The van der Waals surface area contributed by atoms with Crippen LogP contribution in [-0.2, 0) is 0 Å². The number of hydrogen-bond acceptors (Lipinski definition) is 4. The third kappa shape index (κ3) is 2.80. The zero-order valence-electron chi connectivity index (χ0n) is 10.4. The maximum Gasteiger partial charge on any atom is 0.222 e. The summed E-state index contributed by atoms with van der Waals surface area (Å²) in [6, 6.07) is 0.512. The fraction of sp³-hybridized carbons (Fsp3) is 0.667. The maximum atomic E-state index is 6.12. The molecule has 1 aliphatic carbocycles. The highest BCUT2D eigenvalue weighted by molar-refractivity contribution is 6.32. The molecule has 4 nitrogen and oxygen atoms in total. The molecule has 0 spiro atoms. The van der Waals surface area contributed by atoms with Gasteiger partial charge in [0.15, 0.2) is 5.82 Å². The van der Waals surface area contributed by atoms with Gasteiger partial charge in [0.2, 0.25) is 5.95 Å². The molecule has 1 saturated carbocycles. The van der Waals surface area contributed by atoms with Crippen LogP contribution in [0.1, 0.15) is 32.6 Å². The molecular weight excluding hydrogens is 236 g/mol. The van der Waals surface area contributed by atoms with Gasteiger partial charge in [-0.2, -0.15) is 4.98 Å². The van der Waals surface area contributed by atoms with E-state index in [9.17, 15) is 0 Å². The van der Waals surface area contributed by atoms with Crippen molar-refractivity contribution in [2.75, 3.05) is 17.7 Å². The Labute approximate surface area is 107 Å². The molecule has 0 saturated heterocycles. The Bertz CT molecular complexity index is 388. The molecule has 17 heavy (non-hydrogen) atoms. The minimum atomic E-state index is 0.278. The van der Waals surface area contributed by atoms with Crippen LogP contribution in [0.15, 0.2) is 6.20 Å². The zero-order chi connectivity index (χ0) is 12.4. The molecule has 0 atom stereocenters. The second-order valence-electron chi connectivity index (χ2n) is 4.92. The summed E-state index contributed by atoms with van der Waals surface area (Å²) in [4.78, 5) is 10.3. The van der Waals surface area contributed by atoms with Crippen molar-refractivity contribution >= 4 is 23.4 Å². The van der Waals surface area contributed by atoms with Gasteiger partial charge in [-0.25, -0.2) is 4.98 Å². The molecule has 0 amide bonds. The molecule has 2 N–H and O–H groups in total. The maximum absolute atomic E-state index is 6.12. The van der Waals surface area contributed by atoms with Crippen LogP contribution in [0.3, 0.4) is 0 Å².